The summed E-state index contributed by atoms with van der Waals surface area (Å²) in [5.41, 5.74) is 0.00165. The first-order chi connectivity index (χ1) is 11.0. The molecule has 1 saturated heterocycles. The van der Waals surface area contributed by atoms with Crippen molar-refractivity contribution in [1.82, 2.24) is 10.3 Å². The smallest absolute Gasteiger partial charge is 0.251 e. The minimum absolute atomic E-state index is 0.242. The van der Waals surface area contributed by atoms with Crippen LogP contribution in [0.15, 0.2) is 24.5 Å². The Morgan fingerprint density at radius 2 is 2.04 bits per heavy atom. The molecular weight excluding hydrogens is 290 g/mol. The van der Waals surface area contributed by atoms with Gasteiger partial charge in [-0.3, -0.25) is 9.78 Å². The molecule has 1 unspecified atom stereocenters. The third kappa shape index (κ3) is 5.20. The Morgan fingerprint density at radius 1 is 1.39 bits per heavy atom. The number of carbonyl (C=O) groups is 1. The summed E-state index contributed by atoms with van der Waals surface area (Å²) >= 11 is 0. The molecule has 1 aromatic rings. The predicted molar refractivity (Wildman–Crippen MR) is 92.3 cm³/mol. The number of rotatable bonds is 7. The summed E-state index contributed by atoms with van der Waals surface area (Å²) in [6, 6.07) is 4.10. The van der Waals surface area contributed by atoms with Crippen molar-refractivity contribution in [2.45, 2.75) is 51.6 Å². The molecule has 2 heterocycles. The number of pyridine rings is 1. The first-order valence-electron chi connectivity index (χ1n) is 8.68. The average Bonchev–Trinajstić information content (AvgIpc) is 2.56. The summed E-state index contributed by atoms with van der Waals surface area (Å²) in [5, 5.41) is 12.9. The van der Waals surface area contributed by atoms with E-state index in [2.05, 4.69) is 27.3 Å². The highest BCUT2D eigenvalue weighted by molar-refractivity contribution is 5.84. The van der Waals surface area contributed by atoms with Gasteiger partial charge in [0.2, 0.25) is 0 Å². The lowest BCUT2D eigenvalue weighted by Gasteiger charge is -2.33. The van der Waals surface area contributed by atoms with Gasteiger partial charge in [-0.15, -0.1) is 0 Å². The van der Waals surface area contributed by atoms with Crippen molar-refractivity contribution in [2.24, 2.45) is 5.92 Å². The Kier molecular flexibility index (Phi) is 6.39. The van der Waals surface area contributed by atoms with E-state index in [4.69, 9.17) is 0 Å². The van der Waals surface area contributed by atoms with Crippen LogP contribution in [-0.2, 0) is 4.79 Å². The molecule has 128 valence electrons. The fraction of sp³-hybridized carbons (Fsp3) is 0.667. The maximum atomic E-state index is 12.0. The number of amides is 1. The summed E-state index contributed by atoms with van der Waals surface area (Å²) in [7, 11) is 0. The van der Waals surface area contributed by atoms with Crippen molar-refractivity contribution in [1.29, 1.82) is 0 Å². The van der Waals surface area contributed by atoms with Crippen molar-refractivity contribution in [3.8, 4) is 0 Å². The second-order valence-corrected chi connectivity index (χ2v) is 6.70. The summed E-state index contributed by atoms with van der Waals surface area (Å²) in [6.07, 6.45) is 8.24. The molecule has 23 heavy (non-hydrogen) atoms. The minimum atomic E-state index is -1.24. The lowest BCUT2D eigenvalue weighted by molar-refractivity contribution is -0.138. The molecule has 2 N–H and O–H groups in total. The molecule has 1 aliphatic rings. The minimum Gasteiger partial charge on any atom is -0.380 e. The van der Waals surface area contributed by atoms with Crippen molar-refractivity contribution in [3.63, 3.8) is 0 Å². The molecule has 5 heteroatoms. The molecule has 0 spiro atoms. The van der Waals surface area contributed by atoms with Crippen molar-refractivity contribution >= 4 is 11.6 Å². The molecule has 0 radical (unpaired) electrons. The molecule has 1 aliphatic heterocycles. The molecular formula is C18H29N3O2. The van der Waals surface area contributed by atoms with E-state index in [-0.39, 0.29) is 5.91 Å². The lowest BCUT2D eigenvalue weighted by atomic mass is 9.93. The monoisotopic (exact) mass is 319 g/mol. The number of carbonyl (C=O) groups excluding carboxylic acids is 1. The lowest BCUT2D eigenvalue weighted by Crippen LogP contribution is -2.45. The highest BCUT2D eigenvalue weighted by Crippen LogP contribution is 2.24. The van der Waals surface area contributed by atoms with E-state index < -0.39 is 5.60 Å². The molecule has 0 saturated carbocycles. The molecule has 5 nitrogen and oxygen atoms in total. The van der Waals surface area contributed by atoms with E-state index in [1.807, 2.05) is 19.3 Å². The predicted octanol–water partition coefficient (Wildman–Crippen LogP) is 2.36. The molecule has 2 rings (SSSR count). The van der Waals surface area contributed by atoms with Gasteiger partial charge in [-0.2, -0.15) is 0 Å². The van der Waals surface area contributed by atoms with E-state index in [1.165, 1.54) is 5.69 Å². The summed E-state index contributed by atoms with van der Waals surface area (Å²) in [5.74, 6) is 0.401. The van der Waals surface area contributed by atoms with Crippen molar-refractivity contribution in [3.05, 3.63) is 24.5 Å². The fourth-order valence-corrected chi connectivity index (χ4v) is 3.22. The van der Waals surface area contributed by atoms with Crippen LogP contribution in [0.2, 0.25) is 0 Å². The van der Waals surface area contributed by atoms with Crippen LogP contribution in [0.4, 0.5) is 5.69 Å². The number of hydrogen-bond donors (Lipinski definition) is 2. The van der Waals surface area contributed by atoms with E-state index >= 15 is 0 Å². The van der Waals surface area contributed by atoms with E-state index in [0.29, 0.717) is 18.9 Å². The summed E-state index contributed by atoms with van der Waals surface area (Å²) < 4.78 is 0. The number of aliphatic hydroxyl groups is 1. The quantitative estimate of drug-likeness (QED) is 0.810. The Hall–Kier alpha value is -1.62. The van der Waals surface area contributed by atoms with Crippen LogP contribution in [0, 0.1) is 5.92 Å². The van der Waals surface area contributed by atoms with Crippen molar-refractivity contribution < 1.29 is 9.90 Å². The zero-order chi connectivity index (χ0) is 16.7. The molecule has 0 aromatic carbocycles. The van der Waals surface area contributed by atoms with Crippen LogP contribution in [0.25, 0.3) is 0 Å². The van der Waals surface area contributed by atoms with Gasteiger partial charge in [0.1, 0.15) is 5.60 Å². The van der Waals surface area contributed by atoms with Gasteiger partial charge in [-0.25, -0.2) is 0 Å². The maximum absolute atomic E-state index is 12.0. The second kappa shape index (κ2) is 8.29. The van der Waals surface area contributed by atoms with Gasteiger partial charge in [0, 0.05) is 37.7 Å². The average molecular weight is 319 g/mol. The topological polar surface area (TPSA) is 65.5 Å². The van der Waals surface area contributed by atoms with Gasteiger partial charge in [-0.05, 0) is 50.7 Å². The number of aromatic nitrogens is 1. The van der Waals surface area contributed by atoms with Gasteiger partial charge in [0.15, 0.2) is 0 Å². The number of hydrogen-bond acceptors (Lipinski definition) is 4. The van der Waals surface area contributed by atoms with E-state index in [9.17, 15) is 9.90 Å². The largest absolute Gasteiger partial charge is 0.380 e. The van der Waals surface area contributed by atoms with Crippen molar-refractivity contribution in [2.75, 3.05) is 24.5 Å². The molecule has 0 bridgehead atoms. The Bertz CT molecular complexity index is 482. The Morgan fingerprint density at radius 3 is 2.65 bits per heavy atom. The molecule has 1 aromatic heterocycles. The van der Waals surface area contributed by atoms with Crippen LogP contribution >= 0.6 is 0 Å². The highest BCUT2D eigenvalue weighted by Gasteiger charge is 2.28. The zero-order valence-electron chi connectivity index (χ0n) is 14.3. The van der Waals surface area contributed by atoms with Crippen LogP contribution < -0.4 is 10.2 Å². The van der Waals surface area contributed by atoms with E-state index in [1.54, 1.807) is 6.92 Å². The molecule has 0 aliphatic carbocycles. The molecule has 1 fully saturated rings. The molecule has 1 atom stereocenters. The Labute approximate surface area is 139 Å². The fourth-order valence-electron chi connectivity index (χ4n) is 3.22. The van der Waals surface area contributed by atoms with E-state index in [0.717, 1.165) is 38.8 Å². The van der Waals surface area contributed by atoms with Crippen LogP contribution in [0.3, 0.4) is 0 Å². The second-order valence-electron chi connectivity index (χ2n) is 6.70. The van der Waals surface area contributed by atoms with Gasteiger partial charge >= 0.3 is 0 Å². The summed E-state index contributed by atoms with van der Waals surface area (Å²) in [4.78, 5) is 18.4. The summed E-state index contributed by atoms with van der Waals surface area (Å²) in [6.45, 7) is 6.32. The van der Waals surface area contributed by atoms with Gasteiger partial charge in [0.05, 0.1) is 0 Å². The number of nitrogens with one attached hydrogen (secondary N) is 1. The zero-order valence-corrected chi connectivity index (χ0v) is 14.3. The molecule has 1 amide bonds. The van der Waals surface area contributed by atoms with Gasteiger partial charge in [-0.1, -0.05) is 13.3 Å². The third-order valence-corrected chi connectivity index (χ3v) is 4.71. The maximum Gasteiger partial charge on any atom is 0.251 e. The van der Waals surface area contributed by atoms with Crippen LogP contribution in [-0.4, -0.2) is 41.2 Å². The number of anilines is 1. The Balaban J connectivity index is 1.68. The van der Waals surface area contributed by atoms with Gasteiger partial charge in [0.25, 0.3) is 5.91 Å². The highest BCUT2D eigenvalue weighted by atomic mass is 16.3. The first kappa shape index (κ1) is 17.7. The van der Waals surface area contributed by atoms with Crippen LogP contribution in [0.1, 0.15) is 46.0 Å². The first-order valence-corrected chi connectivity index (χ1v) is 8.68. The third-order valence-electron chi connectivity index (χ3n) is 4.71. The van der Waals surface area contributed by atoms with Gasteiger partial charge < -0.3 is 15.3 Å². The normalized spacial score (nSPS) is 18.5. The SMILES string of the molecule is CCCC(C)(O)C(=O)NCCC1CCN(c2ccncc2)CC1. The number of nitrogens with zero attached hydrogens (tertiary/aromatic N) is 2. The van der Waals surface area contributed by atoms with Crippen LogP contribution in [0.5, 0.6) is 0 Å². The number of piperidine rings is 1. The standard InChI is InChI=1S/C18H29N3O2/c1-3-9-18(2,23)17(22)20-12-4-15-7-13-21(14-8-15)16-5-10-19-11-6-16/h5-6,10-11,15,23H,3-4,7-9,12-14H2,1-2H3,(H,20,22).